The van der Waals surface area contributed by atoms with Crippen LogP contribution in [0.5, 0.6) is 0 Å². The third kappa shape index (κ3) is 11.6. The molecule has 0 amide bonds. The Morgan fingerprint density at radius 1 is 0.773 bits per heavy atom. The Labute approximate surface area is 138 Å². The lowest BCUT2D eigenvalue weighted by molar-refractivity contribution is 0.0659. The van der Waals surface area contributed by atoms with Crippen molar-refractivity contribution >= 4 is 8.56 Å². The highest BCUT2D eigenvalue weighted by molar-refractivity contribution is 6.66. The van der Waals surface area contributed by atoms with Gasteiger partial charge in [-0.1, -0.05) is 13.8 Å². The first-order chi connectivity index (χ1) is 10.6. The Bertz CT molecular complexity index is 228. The van der Waals surface area contributed by atoms with Crippen LogP contribution >= 0.6 is 0 Å². The third-order valence-corrected chi connectivity index (χ3v) is 6.57. The van der Waals surface area contributed by atoms with Crippen LogP contribution < -0.4 is 0 Å². The maximum atomic E-state index is 6.08. The smallest absolute Gasteiger partial charge is 0.335 e. The van der Waals surface area contributed by atoms with Crippen LogP contribution in [0.1, 0.15) is 34.1 Å². The maximum absolute atomic E-state index is 6.08. The van der Waals surface area contributed by atoms with Gasteiger partial charge in [0.05, 0.1) is 26.4 Å². The second kappa shape index (κ2) is 14.6. The van der Waals surface area contributed by atoms with Gasteiger partial charge in [0.2, 0.25) is 0 Å². The van der Waals surface area contributed by atoms with Crippen LogP contribution in [-0.4, -0.2) is 72.7 Å². The van der Waals surface area contributed by atoms with Gasteiger partial charge in [-0.3, -0.25) is 0 Å². The van der Waals surface area contributed by atoms with Crippen molar-refractivity contribution in [2.75, 3.05) is 59.3 Å². The molecule has 5 nitrogen and oxygen atoms in total. The molecule has 0 bridgehead atoms. The molecule has 0 radical (unpaired) electrons. The Balaban J connectivity index is 4.17. The molecule has 0 rings (SSSR count). The molecule has 6 heteroatoms. The van der Waals surface area contributed by atoms with Gasteiger partial charge in [-0.25, -0.2) is 0 Å². The van der Waals surface area contributed by atoms with Crippen LogP contribution in [0.2, 0.25) is 12.6 Å². The first-order valence-electron chi connectivity index (χ1n) is 8.77. The number of rotatable bonds is 16. The zero-order chi connectivity index (χ0) is 16.7. The van der Waals surface area contributed by atoms with Crippen molar-refractivity contribution in [3.8, 4) is 0 Å². The summed E-state index contributed by atoms with van der Waals surface area (Å²) in [6.07, 6.45) is 1.12. The van der Waals surface area contributed by atoms with Gasteiger partial charge in [-0.2, -0.15) is 0 Å². The van der Waals surface area contributed by atoms with Gasteiger partial charge in [0.1, 0.15) is 0 Å². The molecule has 0 saturated carbocycles. The second-order valence-corrected chi connectivity index (χ2v) is 8.70. The van der Waals surface area contributed by atoms with E-state index < -0.39 is 8.56 Å². The van der Waals surface area contributed by atoms with Gasteiger partial charge in [-0.15, -0.1) is 0 Å². The number of hydrogen-bond acceptors (Lipinski definition) is 5. The van der Waals surface area contributed by atoms with Crippen LogP contribution in [0, 0.1) is 0 Å². The molecule has 0 aliphatic carbocycles. The minimum Gasteiger partial charge on any atom is -0.392 e. The molecular weight excluding hydrogens is 298 g/mol. The van der Waals surface area contributed by atoms with E-state index in [4.69, 9.17) is 18.3 Å². The SMILES string of the molecule is CCOCCO[Si](C)(CCCN(CC)CC)OCCOCC. The lowest BCUT2D eigenvalue weighted by atomic mass is 10.4. The lowest BCUT2D eigenvalue weighted by Gasteiger charge is -2.28. The van der Waals surface area contributed by atoms with Crippen molar-refractivity contribution in [1.82, 2.24) is 4.90 Å². The van der Waals surface area contributed by atoms with Crippen molar-refractivity contribution < 1.29 is 18.3 Å². The highest BCUT2D eigenvalue weighted by Crippen LogP contribution is 2.16. The molecule has 0 heterocycles. The molecule has 0 atom stereocenters. The van der Waals surface area contributed by atoms with Crippen LogP contribution in [0.15, 0.2) is 0 Å². The van der Waals surface area contributed by atoms with E-state index in [2.05, 4.69) is 25.3 Å². The highest BCUT2D eigenvalue weighted by atomic mass is 28.4. The summed E-state index contributed by atoms with van der Waals surface area (Å²) < 4.78 is 22.9. The van der Waals surface area contributed by atoms with E-state index in [9.17, 15) is 0 Å². The van der Waals surface area contributed by atoms with Gasteiger partial charge in [0.25, 0.3) is 0 Å². The van der Waals surface area contributed by atoms with Crippen LogP contribution in [0.3, 0.4) is 0 Å². The van der Waals surface area contributed by atoms with Crippen LogP contribution in [0.25, 0.3) is 0 Å². The summed E-state index contributed by atoms with van der Waals surface area (Å²) in [4.78, 5) is 2.44. The molecule has 0 aromatic carbocycles. The molecule has 0 saturated heterocycles. The molecule has 0 spiro atoms. The monoisotopic (exact) mass is 335 g/mol. The van der Waals surface area contributed by atoms with Crippen molar-refractivity contribution in [1.29, 1.82) is 0 Å². The van der Waals surface area contributed by atoms with Crippen molar-refractivity contribution in [2.24, 2.45) is 0 Å². The molecular formula is C16H37NO4Si. The predicted octanol–water partition coefficient (Wildman–Crippen LogP) is 2.90. The van der Waals surface area contributed by atoms with Gasteiger partial charge in [0.15, 0.2) is 0 Å². The number of hydrogen-bond donors (Lipinski definition) is 0. The van der Waals surface area contributed by atoms with Crippen LogP contribution in [-0.2, 0) is 18.3 Å². The standard InChI is InChI=1S/C16H37NO4Si/c1-6-17(7-2)11-10-16-22(5,20-14-12-18-8-3)21-15-13-19-9-4/h6-16H2,1-5H3. The first kappa shape index (κ1) is 22.0. The molecule has 22 heavy (non-hydrogen) atoms. The number of nitrogens with zero attached hydrogens (tertiary/aromatic N) is 1. The summed E-state index contributed by atoms with van der Waals surface area (Å²) in [6.45, 7) is 17.9. The quantitative estimate of drug-likeness (QED) is 0.320. The van der Waals surface area contributed by atoms with E-state index in [1.54, 1.807) is 0 Å². The topological polar surface area (TPSA) is 40.2 Å². The Hall–Kier alpha value is 0.0169. The summed E-state index contributed by atoms with van der Waals surface area (Å²) in [5.74, 6) is 0. The Morgan fingerprint density at radius 3 is 1.68 bits per heavy atom. The summed E-state index contributed by atoms with van der Waals surface area (Å²) >= 11 is 0. The summed E-state index contributed by atoms with van der Waals surface area (Å²) in [7, 11) is -2.13. The van der Waals surface area contributed by atoms with E-state index >= 15 is 0 Å². The fourth-order valence-corrected chi connectivity index (χ4v) is 4.47. The fraction of sp³-hybridized carbons (Fsp3) is 1.00. The Morgan fingerprint density at radius 2 is 1.27 bits per heavy atom. The zero-order valence-corrected chi connectivity index (χ0v) is 16.4. The van der Waals surface area contributed by atoms with E-state index in [-0.39, 0.29) is 0 Å². The van der Waals surface area contributed by atoms with E-state index in [1.165, 1.54) is 0 Å². The van der Waals surface area contributed by atoms with Gasteiger partial charge in [-0.05, 0) is 52.5 Å². The summed E-state index contributed by atoms with van der Waals surface area (Å²) in [5.41, 5.74) is 0. The number of ether oxygens (including phenoxy) is 2. The third-order valence-electron chi connectivity index (χ3n) is 3.68. The van der Waals surface area contributed by atoms with Crippen molar-refractivity contribution in [2.45, 2.75) is 46.7 Å². The van der Waals surface area contributed by atoms with E-state index in [1.807, 2.05) is 13.8 Å². The average molecular weight is 336 g/mol. The molecule has 0 aromatic heterocycles. The highest BCUT2D eigenvalue weighted by Gasteiger charge is 2.31. The molecule has 0 fully saturated rings. The first-order valence-corrected chi connectivity index (χ1v) is 11.3. The molecule has 134 valence electrons. The minimum absolute atomic E-state index is 0.621. The van der Waals surface area contributed by atoms with Gasteiger partial charge >= 0.3 is 8.56 Å². The fourth-order valence-electron chi connectivity index (χ4n) is 2.27. The minimum atomic E-state index is -2.13. The maximum Gasteiger partial charge on any atom is 0.335 e. The largest absolute Gasteiger partial charge is 0.392 e. The normalized spacial score (nSPS) is 12.3. The van der Waals surface area contributed by atoms with Gasteiger partial charge < -0.3 is 23.2 Å². The van der Waals surface area contributed by atoms with E-state index in [0.717, 1.165) is 45.3 Å². The van der Waals surface area contributed by atoms with Crippen LogP contribution in [0.4, 0.5) is 0 Å². The van der Waals surface area contributed by atoms with Crippen molar-refractivity contribution in [3.05, 3.63) is 0 Å². The molecule has 0 aliphatic heterocycles. The zero-order valence-electron chi connectivity index (χ0n) is 15.4. The summed E-state index contributed by atoms with van der Waals surface area (Å²) in [5, 5.41) is 0. The second-order valence-electron chi connectivity index (χ2n) is 5.36. The molecule has 0 N–H and O–H groups in total. The van der Waals surface area contributed by atoms with Crippen molar-refractivity contribution in [3.63, 3.8) is 0 Å². The lowest BCUT2D eigenvalue weighted by Crippen LogP contribution is -2.41. The predicted molar refractivity (Wildman–Crippen MR) is 93.7 cm³/mol. The molecule has 0 aromatic rings. The average Bonchev–Trinajstić information content (AvgIpc) is 2.53. The Kier molecular flexibility index (Phi) is 14.6. The molecule has 0 unspecified atom stereocenters. The van der Waals surface area contributed by atoms with E-state index in [0.29, 0.717) is 26.4 Å². The summed E-state index contributed by atoms with van der Waals surface area (Å²) in [6, 6.07) is 1.02. The van der Waals surface area contributed by atoms with Gasteiger partial charge in [0, 0.05) is 13.2 Å². The molecule has 0 aliphatic rings.